The molecule has 0 N–H and O–H groups in total. The van der Waals surface area contributed by atoms with Crippen LogP contribution in [0.25, 0.3) is 0 Å². The van der Waals surface area contributed by atoms with E-state index in [-0.39, 0.29) is 0 Å². The van der Waals surface area contributed by atoms with Crippen LogP contribution in [0.4, 0.5) is 0 Å². The van der Waals surface area contributed by atoms with Gasteiger partial charge in [0.25, 0.3) is 0 Å². The molecule has 0 spiro atoms. The molecule has 68 valence electrons. The molecule has 1 unspecified atom stereocenters. The largest absolute Gasteiger partial charge is 0.161 e. The van der Waals surface area contributed by atoms with Crippen molar-refractivity contribution in [1.29, 1.82) is 0 Å². The summed E-state index contributed by atoms with van der Waals surface area (Å²) in [5.41, 5.74) is 0. The van der Waals surface area contributed by atoms with Gasteiger partial charge in [-0.2, -0.15) is 11.8 Å². The lowest BCUT2D eigenvalue weighted by molar-refractivity contribution is 0.632. The van der Waals surface area contributed by atoms with Crippen LogP contribution in [0, 0.1) is 0 Å². The fourth-order valence-electron chi connectivity index (χ4n) is 1.06. The van der Waals surface area contributed by atoms with Gasteiger partial charge < -0.3 is 0 Å². The number of unbranched alkanes of at least 4 members (excludes halogenated alkanes) is 3. The predicted molar refractivity (Wildman–Crippen MR) is 56.8 cm³/mol. The maximum absolute atomic E-state index is 5.76. The van der Waals surface area contributed by atoms with Crippen LogP contribution in [0.1, 0.15) is 39.0 Å². The third-order valence-corrected chi connectivity index (χ3v) is 3.51. The highest BCUT2D eigenvalue weighted by molar-refractivity contribution is 7.99. The Bertz CT molecular complexity index is 72.0. The summed E-state index contributed by atoms with van der Waals surface area (Å²) in [7, 11) is 0. The highest BCUT2D eigenvalue weighted by atomic mass is 35.5. The summed E-state index contributed by atoms with van der Waals surface area (Å²) >= 11 is 7.66. The highest BCUT2D eigenvalue weighted by Crippen LogP contribution is 2.16. The van der Waals surface area contributed by atoms with Crippen LogP contribution >= 0.6 is 23.4 Å². The van der Waals surface area contributed by atoms with Crippen molar-refractivity contribution in [2.45, 2.75) is 44.3 Å². The Morgan fingerprint density at radius 1 is 1.27 bits per heavy atom. The average molecular weight is 195 g/mol. The molecule has 0 aromatic heterocycles. The van der Waals surface area contributed by atoms with Crippen molar-refractivity contribution in [3.05, 3.63) is 0 Å². The van der Waals surface area contributed by atoms with E-state index in [4.69, 9.17) is 11.6 Å². The first-order valence-electron chi connectivity index (χ1n) is 4.43. The van der Waals surface area contributed by atoms with Gasteiger partial charge in [-0.3, -0.25) is 0 Å². The van der Waals surface area contributed by atoms with E-state index in [1.807, 2.05) is 11.8 Å². The van der Waals surface area contributed by atoms with Crippen molar-refractivity contribution in [3.8, 4) is 0 Å². The summed E-state index contributed by atoms with van der Waals surface area (Å²) in [5, 5.41) is 0.688. The van der Waals surface area contributed by atoms with Crippen LogP contribution in [-0.4, -0.2) is 17.4 Å². The second-order valence-electron chi connectivity index (χ2n) is 2.86. The predicted octanol–water partition coefficient (Wildman–Crippen LogP) is 3.93. The molecule has 0 saturated heterocycles. The Morgan fingerprint density at radius 2 is 2.00 bits per heavy atom. The maximum atomic E-state index is 5.76. The van der Waals surface area contributed by atoms with Gasteiger partial charge in [-0.05, 0) is 12.7 Å². The number of hydrogen-bond donors (Lipinski definition) is 0. The standard InChI is InChI=1S/C9H19ClS/c1-3-4-5-6-7-9(8-10)11-2/h9H,3-8H2,1-2H3. The van der Waals surface area contributed by atoms with Crippen molar-refractivity contribution in [2.75, 3.05) is 12.1 Å². The van der Waals surface area contributed by atoms with Gasteiger partial charge >= 0.3 is 0 Å². The Balaban J connectivity index is 3.07. The van der Waals surface area contributed by atoms with E-state index in [9.17, 15) is 0 Å². The molecule has 0 rings (SSSR count). The minimum absolute atomic E-state index is 0.688. The van der Waals surface area contributed by atoms with E-state index in [0.29, 0.717) is 5.25 Å². The van der Waals surface area contributed by atoms with E-state index in [2.05, 4.69) is 13.2 Å². The van der Waals surface area contributed by atoms with Crippen molar-refractivity contribution >= 4 is 23.4 Å². The maximum Gasteiger partial charge on any atom is 0.0342 e. The molecule has 0 aromatic carbocycles. The Kier molecular flexibility index (Phi) is 9.24. The first kappa shape index (κ1) is 11.6. The first-order chi connectivity index (χ1) is 5.35. The summed E-state index contributed by atoms with van der Waals surface area (Å²) in [6.45, 7) is 2.24. The Labute approximate surface area is 80.1 Å². The molecule has 1 atom stereocenters. The Morgan fingerprint density at radius 3 is 2.45 bits per heavy atom. The number of halogens is 1. The van der Waals surface area contributed by atoms with Gasteiger partial charge in [-0.25, -0.2) is 0 Å². The molecule has 2 heteroatoms. The molecule has 0 amide bonds. The van der Waals surface area contributed by atoms with Gasteiger partial charge in [0.1, 0.15) is 0 Å². The minimum Gasteiger partial charge on any atom is -0.161 e. The van der Waals surface area contributed by atoms with Crippen LogP contribution in [0.2, 0.25) is 0 Å². The van der Waals surface area contributed by atoms with E-state index in [1.54, 1.807) is 0 Å². The zero-order chi connectivity index (χ0) is 8.53. The monoisotopic (exact) mass is 194 g/mol. The van der Waals surface area contributed by atoms with Gasteiger partial charge in [0.05, 0.1) is 0 Å². The molecule has 0 aliphatic heterocycles. The van der Waals surface area contributed by atoms with Crippen molar-refractivity contribution in [1.82, 2.24) is 0 Å². The van der Waals surface area contributed by atoms with Crippen LogP contribution in [0.5, 0.6) is 0 Å². The molecule has 0 saturated carbocycles. The van der Waals surface area contributed by atoms with E-state index in [1.165, 1.54) is 32.1 Å². The lowest BCUT2D eigenvalue weighted by Gasteiger charge is -2.09. The topological polar surface area (TPSA) is 0 Å². The van der Waals surface area contributed by atoms with Gasteiger partial charge in [-0.15, -0.1) is 11.6 Å². The second kappa shape index (κ2) is 8.73. The number of rotatable bonds is 7. The molecule has 0 nitrogen and oxygen atoms in total. The minimum atomic E-state index is 0.688. The lowest BCUT2D eigenvalue weighted by Crippen LogP contribution is -2.02. The molecule has 0 heterocycles. The van der Waals surface area contributed by atoms with E-state index >= 15 is 0 Å². The molecule has 0 bridgehead atoms. The number of thioether (sulfide) groups is 1. The van der Waals surface area contributed by atoms with Gasteiger partial charge in [-0.1, -0.05) is 32.6 Å². The zero-order valence-electron chi connectivity index (χ0n) is 7.61. The quantitative estimate of drug-likeness (QED) is 0.437. The van der Waals surface area contributed by atoms with Crippen LogP contribution in [0.15, 0.2) is 0 Å². The second-order valence-corrected chi connectivity index (χ2v) is 4.31. The van der Waals surface area contributed by atoms with E-state index < -0.39 is 0 Å². The van der Waals surface area contributed by atoms with Gasteiger partial charge in [0.15, 0.2) is 0 Å². The van der Waals surface area contributed by atoms with Crippen LogP contribution < -0.4 is 0 Å². The van der Waals surface area contributed by atoms with Crippen molar-refractivity contribution in [2.24, 2.45) is 0 Å². The summed E-state index contributed by atoms with van der Waals surface area (Å²) in [4.78, 5) is 0. The molecular formula is C9H19ClS. The van der Waals surface area contributed by atoms with Crippen LogP contribution in [-0.2, 0) is 0 Å². The third kappa shape index (κ3) is 7.02. The molecule has 0 aliphatic rings. The smallest absolute Gasteiger partial charge is 0.0342 e. The Hall–Kier alpha value is 0.640. The van der Waals surface area contributed by atoms with Crippen molar-refractivity contribution < 1.29 is 0 Å². The zero-order valence-corrected chi connectivity index (χ0v) is 9.18. The summed E-state index contributed by atoms with van der Waals surface area (Å²) in [6, 6.07) is 0. The lowest BCUT2D eigenvalue weighted by atomic mass is 10.1. The third-order valence-electron chi connectivity index (χ3n) is 1.89. The number of alkyl halides is 1. The molecule has 0 fully saturated rings. The summed E-state index contributed by atoms with van der Waals surface area (Å²) in [5.74, 6) is 0.813. The highest BCUT2D eigenvalue weighted by Gasteiger charge is 2.03. The molecule has 0 radical (unpaired) electrons. The van der Waals surface area contributed by atoms with Crippen LogP contribution in [0.3, 0.4) is 0 Å². The molecule has 0 aliphatic carbocycles. The average Bonchev–Trinajstić information content (AvgIpc) is 2.05. The fourth-order valence-corrected chi connectivity index (χ4v) is 2.12. The van der Waals surface area contributed by atoms with Gasteiger partial charge in [0, 0.05) is 11.1 Å². The summed E-state index contributed by atoms with van der Waals surface area (Å²) < 4.78 is 0. The van der Waals surface area contributed by atoms with Crippen molar-refractivity contribution in [3.63, 3.8) is 0 Å². The number of hydrogen-bond acceptors (Lipinski definition) is 1. The van der Waals surface area contributed by atoms with Gasteiger partial charge in [0.2, 0.25) is 0 Å². The molecular weight excluding hydrogens is 176 g/mol. The SMILES string of the molecule is CCCCCCC(CCl)SC. The molecule has 11 heavy (non-hydrogen) atoms. The fraction of sp³-hybridized carbons (Fsp3) is 1.00. The summed E-state index contributed by atoms with van der Waals surface area (Å²) in [6.07, 6.45) is 8.88. The molecule has 0 aromatic rings. The van der Waals surface area contributed by atoms with E-state index in [0.717, 1.165) is 5.88 Å². The normalized spacial score (nSPS) is 13.4. The first-order valence-corrected chi connectivity index (χ1v) is 6.26.